The second kappa shape index (κ2) is 17.2. The molecular weight excluding hydrogens is 707 g/mol. The third-order valence-corrected chi connectivity index (χ3v) is 8.88. The minimum atomic E-state index is -4.59. The Bertz CT molecular complexity index is 1880. The SMILES string of the molecule is CN(CCCC[C@@H](CN(CCO)C(=O)c1cc2c(OCC(F)(F)F)nccc2[nH]1)NC(=O)OCC1c2ccccc2-c2ccccc21)C(=O)OC(C)(C)C. The van der Waals surface area contributed by atoms with E-state index in [1.54, 1.807) is 27.8 Å². The molecule has 1 aliphatic carbocycles. The van der Waals surface area contributed by atoms with Crippen molar-refractivity contribution in [2.45, 2.75) is 63.8 Å². The largest absolute Gasteiger partial charge is 0.468 e. The van der Waals surface area contributed by atoms with E-state index in [9.17, 15) is 32.7 Å². The monoisotopic (exact) mass is 753 g/mol. The fourth-order valence-corrected chi connectivity index (χ4v) is 6.43. The molecule has 0 radical (unpaired) electrons. The molecule has 1 aliphatic rings. The molecule has 0 bridgehead atoms. The Balaban J connectivity index is 1.29. The lowest BCUT2D eigenvalue weighted by atomic mass is 9.98. The van der Waals surface area contributed by atoms with Crippen molar-refractivity contribution in [1.29, 1.82) is 0 Å². The molecule has 2 aromatic carbocycles. The number of aromatic amines is 1. The summed E-state index contributed by atoms with van der Waals surface area (Å²) in [5.41, 5.74) is 3.99. The minimum Gasteiger partial charge on any atom is -0.468 e. The standard InChI is InChI=1S/C39H46F3N5O7/c1-38(2,3)54-37(51)46(4)18-10-9-11-25(44-36(50)52-23-31-28-14-7-5-12-26(28)27-13-6-8-15-29(27)31)22-47(19-20-48)35(49)33-21-30-32(45-33)16-17-43-34(30)53-24-39(40,41)42/h5-8,12-17,21,25,31,45,48H,9-11,18-20,22-24H2,1-4H3,(H,44,50)/t25-/m0/s1. The first-order chi connectivity index (χ1) is 25.6. The van der Waals surface area contributed by atoms with E-state index in [4.69, 9.17) is 14.2 Å². The van der Waals surface area contributed by atoms with Crippen LogP contribution < -0.4 is 10.1 Å². The van der Waals surface area contributed by atoms with Gasteiger partial charge in [-0.15, -0.1) is 0 Å². The first-order valence-corrected chi connectivity index (χ1v) is 17.8. The number of hydrogen-bond donors (Lipinski definition) is 3. The first-order valence-electron chi connectivity index (χ1n) is 17.8. The van der Waals surface area contributed by atoms with Gasteiger partial charge in [-0.2, -0.15) is 13.2 Å². The van der Waals surface area contributed by atoms with Gasteiger partial charge in [0, 0.05) is 44.8 Å². The van der Waals surface area contributed by atoms with Crippen LogP contribution in [0.1, 0.15) is 67.6 Å². The predicted octanol–water partition coefficient (Wildman–Crippen LogP) is 6.88. The number of alkyl halides is 3. The molecule has 15 heteroatoms. The van der Waals surface area contributed by atoms with Gasteiger partial charge >= 0.3 is 18.4 Å². The van der Waals surface area contributed by atoms with Crippen LogP contribution in [-0.2, 0) is 9.47 Å². The van der Waals surface area contributed by atoms with Crippen molar-refractivity contribution in [3.63, 3.8) is 0 Å². The van der Waals surface area contributed by atoms with Gasteiger partial charge in [0.1, 0.15) is 17.9 Å². The molecular formula is C39H46F3N5O7. The molecule has 0 spiro atoms. The molecule has 0 saturated heterocycles. The Labute approximate surface area is 311 Å². The summed E-state index contributed by atoms with van der Waals surface area (Å²) in [6.07, 6.45) is -2.99. The molecule has 54 heavy (non-hydrogen) atoms. The fourth-order valence-electron chi connectivity index (χ4n) is 6.43. The van der Waals surface area contributed by atoms with Gasteiger partial charge in [0.05, 0.1) is 17.5 Å². The number of aliphatic hydroxyl groups is 1. The van der Waals surface area contributed by atoms with E-state index in [1.165, 1.54) is 28.1 Å². The molecule has 1 atom stereocenters. The third kappa shape index (κ3) is 10.4. The molecule has 3 amide bonds. The third-order valence-electron chi connectivity index (χ3n) is 8.88. The van der Waals surface area contributed by atoms with Gasteiger partial charge in [0.15, 0.2) is 6.61 Å². The number of amides is 3. The van der Waals surface area contributed by atoms with Crippen LogP contribution >= 0.6 is 0 Å². The maximum atomic E-state index is 13.8. The molecule has 4 aromatic rings. The van der Waals surface area contributed by atoms with E-state index in [1.807, 2.05) is 48.5 Å². The average molecular weight is 754 g/mol. The quantitative estimate of drug-likeness (QED) is 0.111. The second-order valence-corrected chi connectivity index (χ2v) is 14.2. The molecule has 3 N–H and O–H groups in total. The molecule has 0 unspecified atom stereocenters. The summed E-state index contributed by atoms with van der Waals surface area (Å²) in [4.78, 5) is 49.3. The number of H-pyrrole nitrogens is 1. The number of nitrogens with one attached hydrogen (secondary N) is 2. The van der Waals surface area contributed by atoms with Gasteiger partial charge in [-0.1, -0.05) is 48.5 Å². The smallest absolute Gasteiger partial charge is 0.422 e. The highest BCUT2D eigenvalue weighted by Gasteiger charge is 2.31. The second-order valence-electron chi connectivity index (χ2n) is 14.2. The molecule has 5 rings (SSSR count). The van der Waals surface area contributed by atoms with Gasteiger partial charge in [0.2, 0.25) is 5.88 Å². The number of pyridine rings is 1. The average Bonchev–Trinajstić information content (AvgIpc) is 3.70. The summed E-state index contributed by atoms with van der Waals surface area (Å²) in [7, 11) is 1.64. The number of ether oxygens (including phenoxy) is 3. The molecule has 2 heterocycles. The first kappa shape index (κ1) is 39.9. The van der Waals surface area contributed by atoms with Gasteiger partial charge in [-0.05, 0) is 74.4 Å². The van der Waals surface area contributed by atoms with Crippen molar-refractivity contribution in [1.82, 2.24) is 25.1 Å². The Morgan fingerprint density at radius 3 is 2.28 bits per heavy atom. The number of halogens is 3. The number of benzene rings is 2. The zero-order valence-electron chi connectivity index (χ0n) is 30.7. The number of hydrogen-bond acceptors (Lipinski definition) is 8. The number of aliphatic hydroxyl groups excluding tert-OH is 1. The number of fused-ring (bicyclic) bond motifs is 4. The summed E-state index contributed by atoms with van der Waals surface area (Å²) in [5.74, 6) is -1.02. The van der Waals surface area contributed by atoms with Gasteiger partial charge in [-0.25, -0.2) is 14.6 Å². The highest BCUT2D eigenvalue weighted by atomic mass is 19.4. The summed E-state index contributed by atoms with van der Waals surface area (Å²) in [6.45, 7) is 3.72. The minimum absolute atomic E-state index is 0.0298. The Morgan fingerprint density at radius 1 is 0.981 bits per heavy atom. The Morgan fingerprint density at radius 2 is 1.65 bits per heavy atom. The Kier molecular flexibility index (Phi) is 12.7. The van der Waals surface area contributed by atoms with E-state index in [2.05, 4.69) is 15.3 Å². The van der Waals surface area contributed by atoms with E-state index in [0.29, 0.717) is 31.3 Å². The lowest BCUT2D eigenvalue weighted by molar-refractivity contribution is -0.153. The lowest BCUT2D eigenvalue weighted by Crippen LogP contribution is -2.47. The van der Waals surface area contributed by atoms with Crippen molar-refractivity contribution in [2.24, 2.45) is 0 Å². The zero-order valence-corrected chi connectivity index (χ0v) is 30.7. The molecule has 0 saturated carbocycles. The number of nitrogens with zero attached hydrogens (tertiary/aromatic N) is 3. The fraction of sp³-hybridized carbons (Fsp3) is 0.436. The predicted molar refractivity (Wildman–Crippen MR) is 195 cm³/mol. The van der Waals surface area contributed by atoms with Crippen molar-refractivity contribution in [3.8, 4) is 17.0 Å². The number of carbonyl (C=O) groups excluding carboxylic acids is 3. The molecule has 0 fully saturated rings. The highest BCUT2D eigenvalue weighted by Crippen LogP contribution is 2.44. The van der Waals surface area contributed by atoms with Crippen LogP contribution in [0.3, 0.4) is 0 Å². The number of rotatable bonds is 15. The summed E-state index contributed by atoms with van der Waals surface area (Å²) in [6, 6.07) is 18.1. The van der Waals surface area contributed by atoms with Crippen LogP contribution in [0.2, 0.25) is 0 Å². The number of alkyl carbamates (subject to hydrolysis) is 1. The van der Waals surface area contributed by atoms with E-state index in [0.717, 1.165) is 22.3 Å². The summed E-state index contributed by atoms with van der Waals surface area (Å²) >= 11 is 0. The highest BCUT2D eigenvalue weighted by molar-refractivity contribution is 5.99. The van der Waals surface area contributed by atoms with Gasteiger partial charge < -0.3 is 39.4 Å². The zero-order chi connectivity index (χ0) is 39.0. The van der Waals surface area contributed by atoms with Gasteiger partial charge in [0.25, 0.3) is 5.91 Å². The van der Waals surface area contributed by atoms with Gasteiger partial charge in [-0.3, -0.25) is 4.79 Å². The maximum absolute atomic E-state index is 13.8. The topological polar surface area (TPSA) is 146 Å². The van der Waals surface area contributed by atoms with Crippen molar-refractivity contribution in [3.05, 3.63) is 83.7 Å². The van der Waals surface area contributed by atoms with Crippen LogP contribution in [0.15, 0.2) is 66.9 Å². The lowest BCUT2D eigenvalue weighted by Gasteiger charge is -2.28. The number of unbranched alkanes of at least 4 members (excludes halogenated alkanes) is 1. The molecule has 290 valence electrons. The summed E-state index contributed by atoms with van der Waals surface area (Å²) in [5, 5.41) is 13.0. The number of carbonyl (C=O) groups is 3. The van der Waals surface area contributed by atoms with E-state index in [-0.39, 0.29) is 42.6 Å². The van der Waals surface area contributed by atoms with Crippen LogP contribution in [0.25, 0.3) is 22.0 Å². The molecule has 12 nitrogen and oxygen atoms in total. The van der Waals surface area contributed by atoms with Crippen LogP contribution in [0.4, 0.5) is 22.8 Å². The molecule has 0 aliphatic heterocycles. The van der Waals surface area contributed by atoms with Crippen molar-refractivity contribution < 1.29 is 46.9 Å². The van der Waals surface area contributed by atoms with E-state index >= 15 is 0 Å². The maximum Gasteiger partial charge on any atom is 0.422 e. The number of aromatic nitrogens is 2. The molecule has 2 aromatic heterocycles. The van der Waals surface area contributed by atoms with Crippen molar-refractivity contribution in [2.75, 3.05) is 46.5 Å². The van der Waals surface area contributed by atoms with Crippen LogP contribution in [0, 0.1) is 0 Å². The van der Waals surface area contributed by atoms with Crippen LogP contribution in [0.5, 0.6) is 5.88 Å². The summed E-state index contributed by atoms with van der Waals surface area (Å²) < 4.78 is 54.7. The normalized spacial score (nSPS) is 13.2. The van der Waals surface area contributed by atoms with E-state index < -0.39 is 49.1 Å². The van der Waals surface area contributed by atoms with Crippen molar-refractivity contribution >= 4 is 29.0 Å². The Hall–Kier alpha value is -5.31. The van der Waals surface area contributed by atoms with Crippen LogP contribution in [-0.4, -0.2) is 107 Å².